The average Bonchev–Trinajstić information content (AvgIpc) is 1.35. The number of rotatable bonds is 0. The van der Waals surface area contributed by atoms with Crippen LogP contribution in [-0.4, -0.2) is 20.9 Å². The van der Waals surface area contributed by atoms with Crippen molar-refractivity contribution in [1.29, 1.82) is 0 Å². The molecule has 0 fully saturated rings. The molecular weight excluding hydrogens is 188 g/mol. The Kier molecular flexibility index (Phi) is 2.48. The molecule has 0 rings (SSSR count). The SMILES string of the molecule is C[Te+]C(C)(C)C. The Bertz CT molecular complexity index is 33.7. The zero-order chi connectivity index (χ0) is 5.21. The summed E-state index contributed by atoms with van der Waals surface area (Å²) in [6, 6.07) is 0. The van der Waals surface area contributed by atoms with Crippen LogP contribution in [0.5, 0.6) is 0 Å². The first-order valence-corrected chi connectivity index (χ1v) is 5.61. The molecular formula is C5H12Te+. The minimum atomic E-state index is 0.317. The van der Waals surface area contributed by atoms with Crippen molar-refractivity contribution in [2.45, 2.75) is 29.2 Å². The van der Waals surface area contributed by atoms with E-state index in [-0.39, 0.29) is 0 Å². The molecule has 6 heavy (non-hydrogen) atoms. The Morgan fingerprint density at radius 3 is 1.33 bits per heavy atom. The number of hydrogen-bond acceptors (Lipinski definition) is 0. The Morgan fingerprint density at radius 2 is 1.33 bits per heavy atom. The van der Waals surface area contributed by atoms with Gasteiger partial charge in [0, 0.05) is 0 Å². The van der Waals surface area contributed by atoms with Crippen molar-refractivity contribution in [1.82, 2.24) is 0 Å². The van der Waals surface area contributed by atoms with Crippen molar-refractivity contribution in [3.63, 3.8) is 0 Å². The normalized spacial score (nSPS) is 12.0. The van der Waals surface area contributed by atoms with Gasteiger partial charge in [0.1, 0.15) is 0 Å². The van der Waals surface area contributed by atoms with Crippen molar-refractivity contribution in [2.24, 2.45) is 0 Å². The van der Waals surface area contributed by atoms with Gasteiger partial charge in [-0.2, -0.15) is 0 Å². The third-order valence-electron chi connectivity index (χ3n) is 0.612. The standard InChI is InChI=1S/C5H12Te/c1-5(2,3)6-4/h1-4H3/q+1. The van der Waals surface area contributed by atoms with Gasteiger partial charge >= 0.3 is 50.1 Å². The van der Waals surface area contributed by atoms with Gasteiger partial charge < -0.3 is 0 Å². The fourth-order valence-electron chi connectivity index (χ4n) is 0. The molecule has 0 nitrogen and oxygen atoms in total. The first kappa shape index (κ1) is 6.79. The van der Waals surface area contributed by atoms with Crippen LogP contribution in [0.4, 0.5) is 0 Å². The Hall–Kier alpha value is 0.790. The summed E-state index contributed by atoms with van der Waals surface area (Å²) in [7, 11) is 0. The summed E-state index contributed by atoms with van der Waals surface area (Å²) in [6.07, 6.45) is 0. The first-order chi connectivity index (χ1) is 2.56. The molecule has 0 aromatic heterocycles. The van der Waals surface area contributed by atoms with E-state index in [9.17, 15) is 0 Å². The first-order valence-electron chi connectivity index (χ1n) is 2.11. The molecule has 0 heterocycles. The minimum absolute atomic E-state index is 0.317. The van der Waals surface area contributed by atoms with E-state index < -0.39 is 0 Å². The molecule has 0 aliphatic heterocycles. The van der Waals surface area contributed by atoms with Gasteiger partial charge in [0.2, 0.25) is 0 Å². The van der Waals surface area contributed by atoms with Crippen molar-refractivity contribution in [2.75, 3.05) is 0 Å². The summed E-state index contributed by atoms with van der Waals surface area (Å²) >= 11 is 0.317. The molecule has 0 bridgehead atoms. The molecule has 0 N–H and O–H groups in total. The van der Waals surface area contributed by atoms with Crippen LogP contribution in [0, 0.1) is 0 Å². The van der Waals surface area contributed by atoms with Crippen molar-refractivity contribution in [3.8, 4) is 0 Å². The van der Waals surface area contributed by atoms with E-state index in [1.807, 2.05) is 0 Å². The van der Waals surface area contributed by atoms with Crippen LogP contribution >= 0.6 is 0 Å². The van der Waals surface area contributed by atoms with E-state index in [1.54, 1.807) is 0 Å². The van der Waals surface area contributed by atoms with Crippen LogP contribution in [0.1, 0.15) is 20.8 Å². The molecule has 0 aliphatic rings. The third-order valence-corrected chi connectivity index (χ3v) is 4.11. The van der Waals surface area contributed by atoms with E-state index in [0.29, 0.717) is 24.4 Å². The summed E-state index contributed by atoms with van der Waals surface area (Å²) < 4.78 is 0.672. The molecule has 0 saturated heterocycles. The van der Waals surface area contributed by atoms with Gasteiger partial charge in [-0.15, -0.1) is 0 Å². The van der Waals surface area contributed by atoms with Gasteiger partial charge in [-0.1, -0.05) is 0 Å². The topological polar surface area (TPSA) is 0 Å². The molecule has 0 aromatic rings. The van der Waals surface area contributed by atoms with Gasteiger partial charge in [-0.25, -0.2) is 0 Å². The summed E-state index contributed by atoms with van der Waals surface area (Å²) in [6.45, 7) is 6.90. The Labute approximate surface area is 50.4 Å². The predicted octanol–water partition coefficient (Wildman–Crippen LogP) is 1.96. The molecule has 0 atom stereocenters. The zero-order valence-electron chi connectivity index (χ0n) is 4.91. The number of hydrogen-bond donors (Lipinski definition) is 0. The van der Waals surface area contributed by atoms with Crippen LogP contribution in [0.15, 0.2) is 0 Å². The van der Waals surface area contributed by atoms with Crippen LogP contribution in [0.2, 0.25) is 8.43 Å². The summed E-state index contributed by atoms with van der Waals surface area (Å²) in [5.41, 5.74) is 0. The molecule has 1 radical (unpaired) electrons. The molecule has 0 aromatic carbocycles. The monoisotopic (exact) mass is 202 g/mol. The molecule has 0 amide bonds. The molecule has 0 unspecified atom stereocenters. The fourth-order valence-corrected chi connectivity index (χ4v) is 0. The van der Waals surface area contributed by atoms with Gasteiger partial charge in [-0.05, 0) is 0 Å². The molecule has 1 heteroatoms. The molecule has 0 saturated carbocycles. The van der Waals surface area contributed by atoms with Crippen LogP contribution in [0.25, 0.3) is 0 Å². The fraction of sp³-hybridized carbons (Fsp3) is 1.00. The van der Waals surface area contributed by atoms with E-state index >= 15 is 0 Å². The van der Waals surface area contributed by atoms with Crippen molar-refractivity contribution >= 4 is 20.9 Å². The maximum atomic E-state index is 2.34. The molecule has 0 aliphatic carbocycles. The predicted molar refractivity (Wildman–Crippen MR) is 31.3 cm³/mol. The summed E-state index contributed by atoms with van der Waals surface area (Å²) in [4.78, 5) is 2.34. The van der Waals surface area contributed by atoms with Crippen molar-refractivity contribution < 1.29 is 0 Å². The zero-order valence-corrected chi connectivity index (χ0v) is 7.24. The molecule has 0 spiro atoms. The third kappa shape index (κ3) is 4.79. The van der Waals surface area contributed by atoms with Crippen LogP contribution in [0.3, 0.4) is 0 Å². The molecule has 37 valence electrons. The Balaban J connectivity index is 3.17. The van der Waals surface area contributed by atoms with E-state index in [1.165, 1.54) is 0 Å². The summed E-state index contributed by atoms with van der Waals surface area (Å²) in [5.74, 6) is 0. The van der Waals surface area contributed by atoms with E-state index in [0.717, 1.165) is 0 Å². The average molecular weight is 200 g/mol. The van der Waals surface area contributed by atoms with Gasteiger partial charge in [0.25, 0.3) is 0 Å². The Morgan fingerprint density at radius 1 is 1.17 bits per heavy atom. The van der Waals surface area contributed by atoms with Gasteiger partial charge in [-0.3, -0.25) is 0 Å². The second-order valence-corrected chi connectivity index (χ2v) is 6.98. The second kappa shape index (κ2) is 2.19. The van der Waals surface area contributed by atoms with Crippen LogP contribution in [-0.2, 0) is 0 Å². The van der Waals surface area contributed by atoms with Crippen LogP contribution < -0.4 is 0 Å². The second-order valence-electron chi connectivity index (χ2n) is 2.32. The maximum absolute atomic E-state index is 2.34. The van der Waals surface area contributed by atoms with Gasteiger partial charge in [0.05, 0.1) is 0 Å². The van der Waals surface area contributed by atoms with Crippen molar-refractivity contribution in [3.05, 3.63) is 0 Å². The van der Waals surface area contributed by atoms with E-state index in [4.69, 9.17) is 0 Å². The van der Waals surface area contributed by atoms with Gasteiger partial charge in [0.15, 0.2) is 0 Å². The van der Waals surface area contributed by atoms with E-state index in [2.05, 4.69) is 25.7 Å². The summed E-state index contributed by atoms with van der Waals surface area (Å²) in [5, 5.41) is 0. The quantitative estimate of drug-likeness (QED) is 0.524.